The highest BCUT2D eigenvalue weighted by atomic mass is 79.9. The van der Waals surface area contributed by atoms with Gasteiger partial charge in [0.15, 0.2) is 5.70 Å². The first kappa shape index (κ1) is 19.2. The second-order valence-electron chi connectivity index (χ2n) is 6.69. The molecule has 3 aromatic carbocycles. The number of nitrogens with zero attached hydrogens (tertiary/aromatic N) is 1. The molecule has 1 aliphatic rings. The summed E-state index contributed by atoms with van der Waals surface area (Å²) in [6.45, 7) is 2.57. The molecule has 0 atom stereocenters. The minimum atomic E-state index is -0.456. The van der Waals surface area contributed by atoms with E-state index in [0.29, 0.717) is 12.5 Å². The molecule has 0 aromatic heterocycles. The van der Waals surface area contributed by atoms with Crippen molar-refractivity contribution < 1.29 is 14.3 Å². The Labute approximate surface area is 177 Å². The van der Waals surface area contributed by atoms with Crippen molar-refractivity contribution in [1.29, 1.82) is 0 Å². The van der Waals surface area contributed by atoms with Crippen LogP contribution in [0, 0.1) is 6.92 Å². The molecule has 0 aliphatic carbocycles. The monoisotopic (exact) mass is 447 g/mol. The minimum Gasteiger partial charge on any atom is -0.489 e. The van der Waals surface area contributed by atoms with Gasteiger partial charge in [-0.15, -0.1) is 0 Å². The number of hydrogen-bond acceptors (Lipinski definition) is 4. The van der Waals surface area contributed by atoms with Crippen LogP contribution in [0.2, 0.25) is 0 Å². The van der Waals surface area contributed by atoms with E-state index >= 15 is 0 Å². The molecule has 0 bridgehead atoms. The van der Waals surface area contributed by atoms with Crippen LogP contribution in [0.4, 0.5) is 0 Å². The van der Waals surface area contributed by atoms with E-state index < -0.39 is 5.97 Å². The molecule has 4 rings (SSSR count). The Bertz CT molecular complexity index is 1080. The fourth-order valence-corrected chi connectivity index (χ4v) is 3.06. The van der Waals surface area contributed by atoms with E-state index in [4.69, 9.17) is 9.47 Å². The van der Waals surface area contributed by atoms with Gasteiger partial charge in [-0.1, -0.05) is 57.9 Å². The zero-order valence-electron chi connectivity index (χ0n) is 15.8. The number of halogens is 1. The molecule has 0 N–H and O–H groups in total. The van der Waals surface area contributed by atoms with Gasteiger partial charge in [0.25, 0.3) is 0 Å². The molecule has 0 radical (unpaired) electrons. The maximum absolute atomic E-state index is 12.1. The Morgan fingerprint density at radius 2 is 1.66 bits per heavy atom. The number of esters is 1. The highest BCUT2D eigenvalue weighted by Gasteiger charge is 2.24. The zero-order valence-corrected chi connectivity index (χ0v) is 17.3. The molecule has 5 heteroatoms. The number of aryl methyl sites for hydroxylation is 1. The van der Waals surface area contributed by atoms with E-state index in [0.717, 1.165) is 26.9 Å². The van der Waals surface area contributed by atoms with E-state index in [9.17, 15) is 4.79 Å². The Hall–Kier alpha value is -3.18. The Morgan fingerprint density at radius 1 is 0.966 bits per heavy atom. The molecule has 29 heavy (non-hydrogen) atoms. The number of carbonyl (C=O) groups excluding carboxylic acids is 1. The van der Waals surface area contributed by atoms with Crippen molar-refractivity contribution in [2.24, 2.45) is 4.99 Å². The third kappa shape index (κ3) is 4.81. The molecule has 0 unspecified atom stereocenters. The van der Waals surface area contributed by atoms with Gasteiger partial charge in [0.05, 0.1) is 0 Å². The largest absolute Gasteiger partial charge is 0.489 e. The van der Waals surface area contributed by atoms with E-state index in [-0.39, 0.29) is 5.70 Å². The first-order valence-corrected chi connectivity index (χ1v) is 9.93. The number of rotatable bonds is 5. The van der Waals surface area contributed by atoms with Crippen molar-refractivity contribution in [3.05, 3.63) is 105 Å². The molecule has 3 aromatic rings. The molecule has 144 valence electrons. The lowest BCUT2D eigenvalue weighted by Gasteiger charge is -2.07. The van der Waals surface area contributed by atoms with Crippen LogP contribution < -0.4 is 4.74 Å². The molecule has 0 spiro atoms. The Kier molecular flexibility index (Phi) is 5.58. The van der Waals surface area contributed by atoms with Crippen LogP contribution >= 0.6 is 15.9 Å². The summed E-state index contributed by atoms with van der Waals surface area (Å²) in [5.41, 5.74) is 4.22. The average molecular weight is 448 g/mol. The van der Waals surface area contributed by atoms with Gasteiger partial charge in [-0.3, -0.25) is 0 Å². The number of carbonyl (C=O) groups is 1. The standard InChI is InChI=1S/C24H18BrNO3/c1-16-2-4-18(5-3-16)15-28-21-12-6-17(7-13-21)14-22-24(27)29-23(26-22)19-8-10-20(25)11-9-19/h2-14H,15H2,1H3/b22-14-. The lowest BCUT2D eigenvalue weighted by molar-refractivity contribution is -0.129. The average Bonchev–Trinajstić information content (AvgIpc) is 3.09. The maximum atomic E-state index is 12.1. The predicted octanol–water partition coefficient (Wildman–Crippen LogP) is 5.68. The number of benzene rings is 3. The SMILES string of the molecule is Cc1ccc(COc2ccc(/C=C3\N=C(c4ccc(Br)cc4)OC3=O)cc2)cc1. The van der Waals surface area contributed by atoms with Crippen LogP contribution in [0.3, 0.4) is 0 Å². The lowest BCUT2D eigenvalue weighted by Crippen LogP contribution is -2.05. The van der Waals surface area contributed by atoms with Gasteiger partial charge in [0.1, 0.15) is 12.4 Å². The van der Waals surface area contributed by atoms with Gasteiger partial charge >= 0.3 is 5.97 Å². The van der Waals surface area contributed by atoms with Crippen LogP contribution in [-0.2, 0) is 16.1 Å². The van der Waals surface area contributed by atoms with Crippen molar-refractivity contribution in [3.8, 4) is 5.75 Å². The van der Waals surface area contributed by atoms with Crippen molar-refractivity contribution in [3.63, 3.8) is 0 Å². The van der Waals surface area contributed by atoms with Gasteiger partial charge in [-0.05, 0) is 60.5 Å². The van der Waals surface area contributed by atoms with Gasteiger partial charge in [0.2, 0.25) is 5.90 Å². The third-order valence-electron chi connectivity index (χ3n) is 4.42. The van der Waals surface area contributed by atoms with Crippen LogP contribution in [-0.4, -0.2) is 11.9 Å². The molecular weight excluding hydrogens is 430 g/mol. The molecule has 0 fully saturated rings. The third-order valence-corrected chi connectivity index (χ3v) is 4.95. The minimum absolute atomic E-state index is 0.274. The molecule has 0 amide bonds. The fraction of sp³-hybridized carbons (Fsp3) is 0.0833. The topological polar surface area (TPSA) is 47.9 Å². The van der Waals surface area contributed by atoms with Crippen molar-refractivity contribution in [2.75, 3.05) is 0 Å². The van der Waals surface area contributed by atoms with Gasteiger partial charge in [0, 0.05) is 10.0 Å². The summed E-state index contributed by atoms with van der Waals surface area (Å²) in [7, 11) is 0. The normalized spacial score (nSPS) is 14.6. The van der Waals surface area contributed by atoms with Gasteiger partial charge < -0.3 is 9.47 Å². The molecule has 1 heterocycles. The summed E-state index contributed by atoms with van der Waals surface area (Å²) in [6, 6.07) is 23.2. The molecular formula is C24H18BrNO3. The Morgan fingerprint density at radius 3 is 2.34 bits per heavy atom. The first-order valence-electron chi connectivity index (χ1n) is 9.14. The van der Waals surface area contributed by atoms with Gasteiger partial charge in [-0.25, -0.2) is 9.79 Å². The second-order valence-corrected chi connectivity index (χ2v) is 7.60. The fourth-order valence-electron chi connectivity index (χ4n) is 2.79. The lowest BCUT2D eigenvalue weighted by atomic mass is 10.1. The van der Waals surface area contributed by atoms with Crippen LogP contribution in [0.15, 0.2) is 88.0 Å². The van der Waals surface area contributed by atoms with Crippen LogP contribution in [0.1, 0.15) is 22.3 Å². The van der Waals surface area contributed by atoms with Crippen molar-refractivity contribution in [2.45, 2.75) is 13.5 Å². The van der Waals surface area contributed by atoms with Crippen molar-refractivity contribution >= 4 is 33.9 Å². The van der Waals surface area contributed by atoms with E-state index in [1.54, 1.807) is 6.08 Å². The highest BCUT2D eigenvalue weighted by molar-refractivity contribution is 9.10. The second kappa shape index (κ2) is 8.45. The van der Waals surface area contributed by atoms with E-state index in [2.05, 4.69) is 52.1 Å². The van der Waals surface area contributed by atoms with Crippen LogP contribution in [0.5, 0.6) is 5.75 Å². The summed E-state index contributed by atoms with van der Waals surface area (Å²) < 4.78 is 12.1. The molecule has 1 aliphatic heterocycles. The van der Waals surface area contributed by atoms with E-state index in [1.807, 2.05) is 48.5 Å². The van der Waals surface area contributed by atoms with Crippen molar-refractivity contribution in [1.82, 2.24) is 0 Å². The first-order chi connectivity index (χ1) is 14.1. The Balaban J connectivity index is 1.44. The zero-order chi connectivity index (χ0) is 20.2. The van der Waals surface area contributed by atoms with Gasteiger partial charge in [-0.2, -0.15) is 0 Å². The number of hydrogen-bond donors (Lipinski definition) is 0. The van der Waals surface area contributed by atoms with Crippen LogP contribution in [0.25, 0.3) is 6.08 Å². The quantitative estimate of drug-likeness (QED) is 0.373. The van der Waals surface area contributed by atoms with E-state index in [1.165, 1.54) is 5.56 Å². The predicted molar refractivity (Wildman–Crippen MR) is 117 cm³/mol. The summed E-state index contributed by atoms with van der Waals surface area (Å²) in [5, 5.41) is 0. The summed E-state index contributed by atoms with van der Waals surface area (Å²) in [6.07, 6.45) is 1.71. The molecule has 0 saturated heterocycles. The molecule has 0 saturated carbocycles. The highest BCUT2D eigenvalue weighted by Crippen LogP contribution is 2.22. The number of aliphatic imine (C=N–C) groups is 1. The smallest absolute Gasteiger partial charge is 0.363 e. The maximum Gasteiger partial charge on any atom is 0.363 e. The molecule has 4 nitrogen and oxygen atoms in total. The summed E-state index contributed by atoms with van der Waals surface area (Å²) in [4.78, 5) is 16.5. The summed E-state index contributed by atoms with van der Waals surface area (Å²) in [5.74, 6) is 0.621. The number of ether oxygens (including phenoxy) is 2. The summed E-state index contributed by atoms with van der Waals surface area (Å²) >= 11 is 3.39. The number of cyclic esters (lactones) is 1.